The Balaban J connectivity index is 2.63. The van der Waals surface area contributed by atoms with Gasteiger partial charge in [-0.15, -0.1) is 0 Å². The van der Waals surface area contributed by atoms with Gasteiger partial charge in [0.1, 0.15) is 6.04 Å². The van der Waals surface area contributed by atoms with E-state index in [4.69, 9.17) is 5.73 Å². The van der Waals surface area contributed by atoms with Crippen LogP contribution in [-0.4, -0.2) is 33.2 Å². The van der Waals surface area contributed by atoms with E-state index in [1.165, 1.54) is 0 Å². The lowest BCUT2D eigenvalue weighted by Gasteiger charge is -2.24. The van der Waals surface area contributed by atoms with Crippen LogP contribution in [-0.2, 0) is 9.59 Å². The molecule has 1 aliphatic rings. The average Bonchev–Trinajstić information content (AvgIpc) is 2.46. The summed E-state index contributed by atoms with van der Waals surface area (Å²) in [7, 11) is 0. The van der Waals surface area contributed by atoms with Gasteiger partial charge in [0.15, 0.2) is 0 Å². The van der Waals surface area contributed by atoms with E-state index in [2.05, 4.69) is 29.5 Å². The van der Waals surface area contributed by atoms with Crippen molar-refractivity contribution < 1.29 is 9.59 Å². The highest BCUT2D eigenvalue weighted by Gasteiger charge is 2.35. The Morgan fingerprint density at radius 2 is 2.31 bits per heavy atom. The molecule has 0 aromatic heterocycles. The normalized spacial score (nSPS) is 24.6. The molecule has 2 amide bonds. The number of primary amides is 1. The van der Waals surface area contributed by atoms with Crippen molar-refractivity contribution in [3.8, 4) is 0 Å². The summed E-state index contributed by atoms with van der Waals surface area (Å²) in [5.41, 5.74) is 5.30. The number of amides is 2. The molecular weight excluding hydrogens is 319 g/mol. The summed E-state index contributed by atoms with van der Waals surface area (Å²) in [5, 5.41) is 0. The summed E-state index contributed by atoms with van der Waals surface area (Å²) >= 11 is 2.36. The molecule has 0 aromatic carbocycles. The van der Waals surface area contributed by atoms with E-state index in [0.29, 0.717) is 29.2 Å². The number of halogens is 1. The molecule has 1 aliphatic heterocycles. The van der Waals surface area contributed by atoms with Crippen LogP contribution in [0.2, 0.25) is 0 Å². The van der Waals surface area contributed by atoms with Crippen LogP contribution in [0.25, 0.3) is 0 Å². The van der Waals surface area contributed by atoms with Gasteiger partial charge in [0.25, 0.3) is 0 Å². The van der Waals surface area contributed by atoms with E-state index in [1.54, 1.807) is 4.90 Å². The first-order valence-electron chi connectivity index (χ1n) is 5.68. The first kappa shape index (κ1) is 13.7. The largest absolute Gasteiger partial charge is 0.368 e. The summed E-state index contributed by atoms with van der Waals surface area (Å²) in [5.74, 6) is 0.0690. The highest BCUT2D eigenvalue weighted by Crippen LogP contribution is 2.26. The van der Waals surface area contributed by atoms with Gasteiger partial charge in [0.05, 0.1) is 0 Å². The van der Waals surface area contributed by atoms with E-state index in [0.717, 1.165) is 6.42 Å². The summed E-state index contributed by atoms with van der Waals surface area (Å²) in [6.45, 7) is 4.71. The fourth-order valence-electron chi connectivity index (χ4n) is 2.30. The Morgan fingerprint density at radius 3 is 2.75 bits per heavy atom. The maximum atomic E-state index is 11.8. The molecule has 5 heteroatoms. The Hall–Kier alpha value is -0.330. The third kappa shape index (κ3) is 3.33. The van der Waals surface area contributed by atoms with Crippen LogP contribution in [0.3, 0.4) is 0 Å². The van der Waals surface area contributed by atoms with Crippen LogP contribution < -0.4 is 5.73 Å². The lowest BCUT2D eigenvalue weighted by Crippen LogP contribution is -2.45. The number of nitrogens with zero attached hydrogens (tertiary/aromatic N) is 1. The number of alkyl halides is 1. The second kappa shape index (κ2) is 5.84. The molecule has 0 bridgehead atoms. The van der Waals surface area contributed by atoms with Gasteiger partial charge in [0, 0.05) is 16.9 Å². The molecule has 0 saturated carbocycles. The predicted molar refractivity (Wildman–Crippen MR) is 71.2 cm³/mol. The van der Waals surface area contributed by atoms with Crippen molar-refractivity contribution >= 4 is 34.4 Å². The lowest BCUT2D eigenvalue weighted by molar-refractivity contribution is -0.136. The zero-order chi connectivity index (χ0) is 12.3. The van der Waals surface area contributed by atoms with Gasteiger partial charge in [-0.25, -0.2) is 0 Å². The van der Waals surface area contributed by atoms with Crippen LogP contribution in [0.5, 0.6) is 0 Å². The summed E-state index contributed by atoms with van der Waals surface area (Å²) in [6, 6.07) is -0.415. The quantitative estimate of drug-likeness (QED) is 0.607. The van der Waals surface area contributed by atoms with E-state index in [-0.39, 0.29) is 11.8 Å². The fourth-order valence-corrected chi connectivity index (χ4v) is 3.02. The van der Waals surface area contributed by atoms with Crippen LogP contribution in [0.4, 0.5) is 0 Å². The van der Waals surface area contributed by atoms with Crippen molar-refractivity contribution in [2.45, 2.75) is 43.1 Å². The smallest absolute Gasteiger partial charge is 0.240 e. The molecule has 4 nitrogen and oxygen atoms in total. The summed E-state index contributed by atoms with van der Waals surface area (Å²) in [6.07, 6.45) is 2.20. The average molecular weight is 338 g/mol. The Morgan fingerprint density at radius 1 is 1.69 bits per heavy atom. The van der Waals surface area contributed by atoms with Crippen LogP contribution >= 0.6 is 22.6 Å². The monoisotopic (exact) mass is 338 g/mol. The minimum atomic E-state index is -0.415. The van der Waals surface area contributed by atoms with Gasteiger partial charge in [-0.05, 0) is 18.8 Å². The lowest BCUT2D eigenvalue weighted by atomic mass is 10.0. The van der Waals surface area contributed by atoms with Crippen molar-refractivity contribution in [1.29, 1.82) is 0 Å². The maximum Gasteiger partial charge on any atom is 0.240 e. The third-order valence-electron chi connectivity index (χ3n) is 2.99. The molecule has 92 valence electrons. The summed E-state index contributed by atoms with van der Waals surface area (Å²) in [4.78, 5) is 24.7. The van der Waals surface area contributed by atoms with Crippen molar-refractivity contribution in [2.24, 2.45) is 11.7 Å². The van der Waals surface area contributed by atoms with Crippen molar-refractivity contribution in [2.75, 3.05) is 6.54 Å². The van der Waals surface area contributed by atoms with Gasteiger partial charge < -0.3 is 10.6 Å². The number of likely N-dealkylation sites (tertiary alicyclic amines) is 1. The molecule has 16 heavy (non-hydrogen) atoms. The van der Waals surface area contributed by atoms with Gasteiger partial charge >= 0.3 is 0 Å². The van der Waals surface area contributed by atoms with E-state index in [1.807, 2.05) is 6.92 Å². The molecule has 0 radical (unpaired) electrons. The number of nitrogens with two attached hydrogens (primary N) is 1. The first-order chi connectivity index (χ1) is 7.45. The van der Waals surface area contributed by atoms with E-state index >= 15 is 0 Å². The molecule has 0 aromatic rings. The molecule has 1 fully saturated rings. The third-order valence-corrected chi connectivity index (χ3v) is 3.50. The zero-order valence-electron chi connectivity index (χ0n) is 9.78. The van der Waals surface area contributed by atoms with Gasteiger partial charge in [-0.2, -0.15) is 0 Å². The minimum absolute atomic E-state index is 0.0766. The summed E-state index contributed by atoms with van der Waals surface area (Å²) < 4.78 is 0.559. The standard InChI is InChI=1S/C11H19IN2O2/c1-3-9(11(13)16)14-6-8(4-7(2)12)5-10(14)15/h7-9H,3-6H2,1-2H3,(H2,13,16)/t7?,8?,9-/m1/s1. The van der Waals surface area contributed by atoms with Gasteiger partial charge in [-0.3, -0.25) is 9.59 Å². The molecule has 3 atom stereocenters. The number of hydrogen-bond donors (Lipinski definition) is 1. The first-order valence-corrected chi connectivity index (χ1v) is 6.93. The van der Waals surface area contributed by atoms with Gasteiger partial charge in [0.2, 0.25) is 11.8 Å². The predicted octanol–water partition coefficient (Wildman–Crippen LogP) is 1.31. The minimum Gasteiger partial charge on any atom is -0.368 e. The van der Waals surface area contributed by atoms with Crippen LogP contribution in [0.1, 0.15) is 33.1 Å². The Kier molecular flexibility index (Phi) is 5.01. The van der Waals surface area contributed by atoms with Crippen molar-refractivity contribution in [1.82, 2.24) is 4.90 Å². The van der Waals surface area contributed by atoms with Gasteiger partial charge in [-0.1, -0.05) is 36.4 Å². The SMILES string of the molecule is CC[C@H](C(N)=O)N1CC(CC(C)I)CC1=O. The van der Waals surface area contributed by atoms with E-state index in [9.17, 15) is 9.59 Å². The molecule has 0 spiro atoms. The number of carbonyl (C=O) groups excluding carboxylic acids is 2. The Labute approximate surface area is 110 Å². The number of hydrogen-bond acceptors (Lipinski definition) is 2. The van der Waals surface area contributed by atoms with Crippen LogP contribution in [0, 0.1) is 5.92 Å². The molecule has 2 unspecified atom stereocenters. The molecular formula is C11H19IN2O2. The number of carbonyl (C=O) groups is 2. The fraction of sp³-hybridized carbons (Fsp3) is 0.818. The highest BCUT2D eigenvalue weighted by molar-refractivity contribution is 14.1. The van der Waals surface area contributed by atoms with Crippen LogP contribution in [0.15, 0.2) is 0 Å². The molecule has 2 N–H and O–H groups in total. The van der Waals surface area contributed by atoms with E-state index < -0.39 is 6.04 Å². The second-order valence-electron chi connectivity index (χ2n) is 4.46. The zero-order valence-corrected chi connectivity index (χ0v) is 11.9. The molecule has 1 rings (SSSR count). The number of rotatable bonds is 5. The maximum absolute atomic E-state index is 11.8. The molecule has 1 saturated heterocycles. The molecule has 0 aliphatic carbocycles. The Bertz CT molecular complexity index is 281. The van der Waals surface area contributed by atoms with Crippen molar-refractivity contribution in [3.63, 3.8) is 0 Å². The highest BCUT2D eigenvalue weighted by atomic mass is 127. The molecule has 1 heterocycles. The second-order valence-corrected chi connectivity index (χ2v) is 6.59. The topological polar surface area (TPSA) is 63.4 Å². The van der Waals surface area contributed by atoms with Crippen molar-refractivity contribution in [3.05, 3.63) is 0 Å².